The van der Waals surface area contributed by atoms with E-state index in [-0.39, 0.29) is 5.69 Å². The van der Waals surface area contributed by atoms with E-state index in [1.165, 1.54) is 18.2 Å². The molecule has 26 heavy (non-hydrogen) atoms. The van der Waals surface area contributed by atoms with Crippen molar-refractivity contribution in [3.8, 4) is 22.8 Å². The third-order valence-corrected chi connectivity index (χ3v) is 3.57. The summed E-state index contributed by atoms with van der Waals surface area (Å²) in [5, 5.41) is 0. The smallest absolute Gasteiger partial charge is 0.416 e. The molecule has 0 bridgehead atoms. The number of nitrogens with zero attached hydrogens (tertiary/aromatic N) is 1. The summed E-state index contributed by atoms with van der Waals surface area (Å²) >= 11 is 0. The number of carbonyl (C=O) groups excluding carboxylic acids is 1. The topological polar surface area (TPSA) is 65.2 Å². The average molecular weight is 358 g/mol. The molecule has 0 aliphatic carbocycles. The number of amides is 1. The third-order valence-electron chi connectivity index (χ3n) is 3.57. The van der Waals surface area contributed by atoms with Crippen LogP contribution in [0.25, 0.3) is 11.3 Å². The first-order chi connectivity index (χ1) is 12.3. The Morgan fingerprint density at radius 2 is 1.46 bits per heavy atom. The molecule has 0 saturated carbocycles. The molecule has 0 atom stereocenters. The van der Waals surface area contributed by atoms with Crippen LogP contribution in [0.3, 0.4) is 0 Å². The Hall–Kier alpha value is -3.35. The summed E-state index contributed by atoms with van der Waals surface area (Å²) in [6, 6.07) is 16.1. The number of rotatable bonds is 4. The summed E-state index contributed by atoms with van der Waals surface area (Å²) in [7, 11) is 0. The Balaban J connectivity index is 1.76. The van der Waals surface area contributed by atoms with Gasteiger partial charge in [0.2, 0.25) is 0 Å². The second kappa shape index (κ2) is 6.87. The molecule has 0 unspecified atom stereocenters. The van der Waals surface area contributed by atoms with Crippen LogP contribution in [0.5, 0.6) is 11.5 Å². The highest BCUT2D eigenvalue weighted by molar-refractivity contribution is 5.91. The van der Waals surface area contributed by atoms with Gasteiger partial charge in [-0.3, -0.25) is 4.79 Å². The molecule has 3 aromatic rings. The molecule has 2 aromatic carbocycles. The van der Waals surface area contributed by atoms with Crippen molar-refractivity contribution in [1.82, 2.24) is 4.98 Å². The summed E-state index contributed by atoms with van der Waals surface area (Å²) in [5.41, 5.74) is 5.96. The number of nitrogens with two attached hydrogens (primary N) is 1. The van der Waals surface area contributed by atoms with Crippen LogP contribution >= 0.6 is 0 Å². The van der Waals surface area contributed by atoms with Gasteiger partial charge in [-0.1, -0.05) is 6.07 Å². The van der Waals surface area contributed by atoms with Crippen molar-refractivity contribution in [2.45, 2.75) is 6.18 Å². The van der Waals surface area contributed by atoms with Crippen molar-refractivity contribution in [3.63, 3.8) is 0 Å². The van der Waals surface area contributed by atoms with Crippen LogP contribution < -0.4 is 10.5 Å². The highest BCUT2D eigenvalue weighted by Crippen LogP contribution is 2.31. The average Bonchev–Trinajstić information content (AvgIpc) is 2.62. The number of alkyl halides is 3. The van der Waals surface area contributed by atoms with E-state index < -0.39 is 17.6 Å². The van der Waals surface area contributed by atoms with Crippen molar-refractivity contribution in [1.29, 1.82) is 0 Å². The van der Waals surface area contributed by atoms with Gasteiger partial charge in [-0.15, -0.1) is 0 Å². The van der Waals surface area contributed by atoms with Gasteiger partial charge in [-0.25, -0.2) is 4.98 Å². The van der Waals surface area contributed by atoms with E-state index in [0.717, 1.165) is 17.7 Å². The first kappa shape index (κ1) is 17.5. The van der Waals surface area contributed by atoms with Crippen LogP contribution in [-0.2, 0) is 6.18 Å². The second-order valence-corrected chi connectivity index (χ2v) is 5.42. The van der Waals surface area contributed by atoms with Crippen LogP contribution in [-0.4, -0.2) is 10.9 Å². The number of hydrogen-bond acceptors (Lipinski definition) is 3. The fourth-order valence-corrected chi connectivity index (χ4v) is 2.27. The minimum absolute atomic E-state index is 0.160. The van der Waals surface area contributed by atoms with Gasteiger partial charge in [-0.2, -0.15) is 13.2 Å². The molecular formula is C19H13F3N2O2. The summed E-state index contributed by atoms with van der Waals surface area (Å²) < 4.78 is 43.2. The molecule has 0 aliphatic rings. The zero-order valence-electron chi connectivity index (χ0n) is 13.3. The van der Waals surface area contributed by atoms with Crippen molar-refractivity contribution in [3.05, 3.63) is 78.0 Å². The summed E-state index contributed by atoms with van der Waals surface area (Å²) in [6.45, 7) is 0. The quantitative estimate of drug-likeness (QED) is 0.738. The highest BCUT2D eigenvalue weighted by Gasteiger charge is 2.30. The third kappa shape index (κ3) is 4.00. The molecule has 1 heterocycles. The fourth-order valence-electron chi connectivity index (χ4n) is 2.27. The monoisotopic (exact) mass is 358 g/mol. The van der Waals surface area contributed by atoms with Gasteiger partial charge in [0.1, 0.15) is 17.2 Å². The minimum Gasteiger partial charge on any atom is -0.457 e. The van der Waals surface area contributed by atoms with Gasteiger partial charge in [0.15, 0.2) is 0 Å². The number of carbonyl (C=O) groups is 1. The maximum Gasteiger partial charge on any atom is 0.416 e. The number of benzene rings is 2. The van der Waals surface area contributed by atoms with Crippen molar-refractivity contribution in [2.75, 3.05) is 0 Å². The predicted octanol–water partition coefficient (Wildman–Crippen LogP) is 4.66. The predicted molar refractivity (Wildman–Crippen MR) is 89.7 cm³/mol. The Morgan fingerprint density at radius 3 is 2.00 bits per heavy atom. The molecule has 7 heteroatoms. The molecule has 1 amide bonds. The first-order valence-corrected chi connectivity index (χ1v) is 7.55. The zero-order chi connectivity index (χ0) is 18.7. The van der Waals surface area contributed by atoms with E-state index in [9.17, 15) is 18.0 Å². The lowest BCUT2D eigenvalue weighted by atomic mass is 10.1. The first-order valence-electron chi connectivity index (χ1n) is 7.55. The molecule has 132 valence electrons. The van der Waals surface area contributed by atoms with Crippen LogP contribution in [0.15, 0.2) is 66.7 Å². The number of halogens is 3. The van der Waals surface area contributed by atoms with Crippen molar-refractivity contribution >= 4 is 5.91 Å². The summed E-state index contributed by atoms with van der Waals surface area (Å²) in [6.07, 6.45) is -4.38. The number of aromatic nitrogens is 1. The normalized spacial score (nSPS) is 11.2. The Labute approximate surface area is 147 Å². The lowest BCUT2D eigenvalue weighted by Crippen LogP contribution is -2.12. The molecule has 2 N–H and O–H groups in total. The molecule has 4 nitrogen and oxygen atoms in total. The van der Waals surface area contributed by atoms with E-state index in [1.54, 1.807) is 36.4 Å². The second-order valence-electron chi connectivity index (χ2n) is 5.42. The summed E-state index contributed by atoms with van der Waals surface area (Å²) in [4.78, 5) is 15.4. The molecular weight excluding hydrogens is 345 g/mol. The SMILES string of the molecule is NC(=O)c1cccc(-c2ccc(Oc3ccc(C(F)(F)F)cc3)cc2)n1. The molecule has 0 fully saturated rings. The number of hydrogen-bond donors (Lipinski definition) is 1. The van der Waals surface area contributed by atoms with Crippen molar-refractivity contribution < 1.29 is 22.7 Å². The highest BCUT2D eigenvalue weighted by atomic mass is 19.4. The van der Waals surface area contributed by atoms with E-state index in [4.69, 9.17) is 10.5 Å². The Bertz CT molecular complexity index is 921. The lowest BCUT2D eigenvalue weighted by molar-refractivity contribution is -0.137. The fraction of sp³-hybridized carbons (Fsp3) is 0.0526. The van der Waals surface area contributed by atoms with Gasteiger partial charge < -0.3 is 10.5 Å². The van der Waals surface area contributed by atoms with Gasteiger partial charge in [0.25, 0.3) is 5.91 Å². The van der Waals surface area contributed by atoms with Crippen LogP contribution in [0, 0.1) is 0 Å². The Morgan fingerprint density at radius 1 is 0.885 bits per heavy atom. The van der Waals surface area contributed by atoms with Gasteiger partial charge in [0, 0.05) is 5.56 Å². The van der Waals surface area contributed by atoms with Crippen molar-refractivity contribution in [2.24, 2.45) is 5.73 Å². The zero-order valence-corrected chi connectivity index (χ0v) is 13.3. The maximum absolute atomic E-state index is 12.6. The van der Waals surface area contributed by atoms with E-state index in [2.05, 4.69) is 4.98 Å². The minimum atomic E-state index is -4.38. The Kier molecular flexibility index (Phi) is 4.62. The van der Waals surface area contributed by atoms with Crippen LogP contribution in [0.4, 0.5) is 13.2 Å². The molecule has 0 aliphatic heterocycles. The van der Waals surface area contributed by atoms with Gasteiger partial charge in [-0.05, 0) is 60.7 Å². The van der Waals surface area contributed by atoms with Gasteiger partial charge in [0.05, 0.1) is 11.3 Å². The summed E-state index contributed by atoms with van der Waals surface area (Å²) in [5.74, 6) is 0.133. The van der Waals surface area contributed by atoms with E-state index in [1.807, 2.05) is 0 Å². The molecule has 0 spiro atoms. The molecule has 0 saturated heterocycles. The standard InChI is InChI=1S/C19H13F3N2O2/c20-19(21,22)13-6-10-15(11-7-13)26-14-8-4-12(5-9-14)16-2-1-3-17(24-16)18(23)25/h1-11H,(H2,23,25). The molecule has 0 radical (unpaired) electrons. The number of primary amides is 1. The molecule has 1 aromatic heterocycles. The lowest BCUT2D eigenvalue weighted by Gasteiger charge is -2.09. The molecule has 3 rings (SSSR count). The van der Waals surface area contributed by atoms with E-state index in [0.29, 0.717) is 17.2 Å². The van der Waals surface area contributed by atoms with Crippen LogP contribution in [0.1, 0.15) is 16.1 Å². The maximum atomic E-state index is 12.6. The van der Waals surface area contributed by atoms with E-state index >= 15 is 0 Å². The largest absolute Gasteiger partial charge is 0.457 e. The van der Waals surface area contributed by atoms with Crippen LogP contribution in [0.2, 0.25) is 0 Å². The van der Waals surface area contributed by atoms with Gasteiger partial charge >= 0.3 is 6.18 Å². The number of pyridine rings is 1. The number of ether oxygens (including phenoxy) is 1.